The fraction of sp³-hybridized carbons (Fsp3) is 0.211. The Hall–Kier alpha value is -3.75. The summed E-state index contributed by atoms with van der Waals surface area (Å²) >= 11 is 0. The van der Waals surface area contributed by atoms with Gasteiger partial charge in [0.05, 0.1) is 4.92 Å². The van der Waals surface area contributed by atoms with Crippen molar-refractivity contribution in [3.05, 3.63) is 69.6 Å². The number of hydrogen-bond donors (Lipinski definition) is 0. The van der Waals surface area contributed by atoms with Gasteiger partial charge in [0.2, 0.25) is 5.89 Å². The largest absolute Gasteiger partial charge is 0.482 e. The normalized spacial score (nSPS) is 10.5. The van der Waals surface area contributed by atoms with Crippen molar-refractivity contribution >= 4 is 11.7 Å². The zero-order chi connectivity index (χ0) is 20.1. The van der Waals surface area contributed by atoms with E-state index in [2.05, 4.69) is 10.2 Å². The Morgan fingerprint density at radius 1 is 1.11 bits per heavy atom. The van der Waals surface area contributed by atoms with E-state index in [1.165, 1.54) is 24.3 Å². The maximum Gasteiger partial charge on any atom is 0.344 e. The van der Waals surface area contributed by atoms with Gasteiger partial charge in [-0.1, -0.05) is 6.07 Å². The Morgan fingerprint density at radius 2 is 1.86 bits per heavy atom. The second-order valence-electron chi connectivity index (χ2n) is 6.00. The first-order valence-corrected chi connectivity index (χ1v) is 8.35. The Labute approximate surface area is 160 Å². The standard InChI is InChI=1S/C19H17N3O6/c1-12-3-8-16(9-13(12)2)26-11-18(23)27-10-17-20-21-19(28-17)14-4-6-15(7-5-14)22(24)25/h3-9H,10-11H2,1-2H3. The Morgan fingerprint density at radius 3 is 2.54 bits per heavy atom. The summed E-state index contributed by atoms with van der Waals surface area (Å²) in [5.41, 5.74) is 2.68. The smallest absolute Gasteiger partial charge is 0.344 e. The first-order chi connectivity index (χ1) is 13.4. The molecule has 2 aromatic carbocycles. The van der Waals surface area contributed by atoms with E-state index in [1.54, 1.807) is 6.07 Å². The van der Waals surface area contributed by atoms with Crippen LogP contribution in [0.1, 0.15) is 17.0 Å². The number of nitro benzene ring substituents is 1. The Bertz CT molecular complexity index is 997. The van der Waals surface area contributed by atoms with E-state index in [1.807, 2.05) is 26.0 Å². The van der Waals surface area contributed by atoms with Crippen LogP contribution >= 0.6 is 0 Å². The third-order valence-corrected chi connectivity index (χ3v) is 3.98. The van der Waals surface area contributed by atoms with Gasteiger partial charge in [-0.25, -0.2) is 4.79 Å². The molecular formula is C19H17N3O6. The number of esters is 1. The number of nitrogens with zero attached hydrogens (tertiary/aromatic N) is 3. The molecule has 0 N–H and O–H groups in total. The molecule has 3 rings (SSSR count). The average molecular weight is 383 g/mol. The molecule has 0 saturated heterocycles. The van der Waals surface area contributed by atoms with Gasteiger partial charge in [-0.15, -0.1) is 10.2 Å². The van der Waals surface area contributed by atoms with Crippen molar-refractivity contribution in [1.29, 1.82) is 0 Å². The van der Waals surface area contributed by atoms with E-state index in [0.29, 0.717) is 11.3 Å². The van der Waals surface area contributed by atoms with Crippen molar-refractivity contribution in [3.63, 3.8) is 0 Å². The summed E-state index contributed by atoms with van der Waals surface area (Å²) in [6.45, 7) is 3.50. The number of nitro groups is 1. The zero-order valence-corrected chi connectivity index (χ0v) is 15.2. The van der Waals surface area contributed by atoms with Gasteiger partial charge in [0.15, 0.2) is 13.2 Å². The van der Waals surface area contributed by atoms with Crippen LogP contribution < -0.4 is 4.74 Å². The van der Waals surface area contributed by atoms with Crippen molar-refractivity contribution in [2.75, 3.05) is 6.61 Å². The monoisotopic (exact) mass is 383 g/mol. The SMILES string of the molecule is Cc1ccc(OCC(=O)OCc2nnc(-c3ccc([N+](=O)[O-])cc3)o2)cc1C. The van der Waals surface area contributed by atoms with E-state index in [-0.39, 0.29) is 30.7 Å². The summed E-state index contributed by atoms with van der Waals surface area (Å²) in [6, 6.07) is 11.2. The molecule has 0 aliphatic carbocycles. The van der Waals surface area contributed by atoms with E-state index >= 15 is 0 Å². The molecule has 0 aliphatic rings. The lowest BCUT2D eigenvalue weighted by Gasteiger charge is -2.07. The highest BCUT2D eigenvalue weighted by Crippen LogP contribution is 2.21. The molecule has 0 atom stereocenters. The van der Waals surface area contributed by atoms with Crippen LogP contribution in [0, 0.1) is 24.0 Å². The number of hydrogen-bond acceptors (Lipinski definition) is 8. The maximum absolute atomic E-state index is 11.8. The highest BCUT2D eigenvalue weighted by atomic mass is 16.6. The maximum atomic E-state index is 11.8. The summed E-state index contributed by atoms with van der Waals surface area (Å²) < 4.78 is 15.9. The molecule has 3 aromatic rings. The van der Waals surface area contributed by atoms with Crippen LogP contribution in [0.4, 0.5) is 5.69 Å². The fourth-order valence-electron chi connectivity index (χ4n) is 2.28. The van der Waals surface area contributed by atoms with Crippen molar-refractivity contribution in [1.82, 2.24) is 10.2 Å². The highest BCUT2D eigenvalue weighted by Gasteiger charge is 2.13. The molecular weight excluding hydrogens is 366 g/mol. The number of non-ortho nitro benzene ring substituents is 1. The van der Waals surface area contributed by atoms with Crippen molar-refractivity contribution in [2.24, 2.45) is 0 Å². The molecule has 0 bridgehead atoms. The third kappa shape index (κ3) is 4.70. The summed E-state index contributed by atoms with van der Waals surface area (Å²) in [5.74, 6) is 0.284. The number of aromatic nitrogens is 2. The fourth-order valence-corrected chi connectivity index (χ4v) is 2.28. The van der Waals surface area contributed by atoms with Gasteiger partial charge in [-0.3, -0.25) is 10.1 Å². The van der Waals surface area contributed by atoms with Crippen molar-refractivity contribution in [2.45, 2.75) is 20.5 Å². The first-order valence-electron chi connectivity index (χ1n) is 8.35. The van der Waals surface area contributed by atoms with Crippen LogP contribution in [0.5, 0.6) is 5.75 Å². The van der Waals surface area contributed by atoms with E-state index in [4.69, 9.17) is 13.9 Å². The molecule has 0 unspecified atom stereocenters. The second-order valence-corrected chi connectivity index (χ2v) is 6.00. The second kappa shape index (κ2) is 8.30. The number of aryl methyl sites for hydroxylation is 2. The van der Waals surface area contributed by atoms with Gasteiger partial charge < -0.3 is 13.9 Å². The molecule has 1 aromatic heterocycles. The summed E-state index contributed by atoms with van der Waals surface area (Å²) in [6.07, 6.45) is 0. The minimum atomic E-state index is -0.576. The molecule has 9 heteroatoms. The van der Waals surface area contributed by atoms with Gasteiger partial charge in [0, 0.05) is 17.7 Å². The third-order valence-electron chi connectivity index (χ3n) is 3.98. The van der Waals surface area contributed by atoms with Gasteiger partial charge in [0.25, 0.3) is 11.6 Å². The van der Waals surface area contributed by atoms with Crippen LogP contribution in [0.25, 0.3) is 11.5 Å². The lowest BCUT2D eigenvalue weighted by Crippen LogP contribution is -2.15. The van der Waals surface area contributed by atoms with Gasteiger partial charge in [-0.05, 0) is 49.2 Å². The van der Waals surface area contributed by atoms with Crippen LogP contribution in [0.2, 0.25) is 0 Å². The number of rotatable bonds is 7. The molecule has 0 aliphatic heterocycles. The molecule has 28 heavy (non-hydrogen) atoms. The quantitative estimate of drug-likeness (QED) is 0.346. The highest BCUT2D eigenvalue weighted by molar-refractivity contribution is 5.71. The van der Waals surface area contributed by atoms with Crippen LogP contribution in [-0.4, -0.2) is 27.7 Å². The topological polar surface area (TPSA) is 118 Å². The number of carbonyl (C=O) groups is 1. The molecule has 0 fully saturated rings. The molecule has 0 saturated carbocycles. The number of ether oxygens (including phenoxy) is 2. The van der Waals surface area contributed by atoms with Crippen molar-refractivity contribution < 1.29 is 23.6 Å². The van der Waals surface area contributed by atoms with E-state index in [0.717, 1.165) is 11.1 Å². The summed E-state index contributed by atoms with van der Waals surface area (Å²) in [4.78, 5) is 22.0. The molecule has 1 heterocycles. The van der Waals surface area contributed by atoms with Gasteiger partial charge in [0.1, 0.15) is 5.75 Å². The predicted octanol–water partition coefficient (Wildman–Crippen LogP) is 3.38. The zero-order valence-electron chi connectivity index (χ0n) is 15.2. The van der Waals surface area contributed by atoms with Crippen LogP contribution in [0.3, 0.4) is 0 Å². The molecule has 144 valence electrons. The van der Waals surface area contributed by atoms with Crippen LogP contribution in [-0.2, 0) is 16.1 Å². The Kier molecular flexibility index (Phi) is 5.64. The minimum absolute atomic E-state index is 0.0406. The van der Waals surface area contributed by atoms with Crippen molar-refractivity contribution in [3.8, 4) is 17.2 Å². The van der Waals surface area contributed by atoms with E-state index < -0.39 is 10.9 Å². The molecule has 9 nitrogen and oxygen atoms in total. The Balaban J connectivity index is 1.51. The van der Waals surface area contributed by atoms with Gasteiger partial charge in [-0.2, -0.15) is 0 Å². The lowest BCUT2D eigenvalue weighted by molar-refractivity contribution is -0.384. The molecule has 0 spiro atoms. The number of carbonyl (C=O) groups excluding carboxylic acids is 1. The summed E-state index contributed by atoms with van der Waals surface area (Å²) in [7, 11) is 0. The minimum Gasteiger partial charge on any atom is -0.482 e. The molecule has 0 amide bonds. The van der Waals surface area contributed by atoms with Crippen LogP contribution in [0.15, 0.2) is 46.9 Å². The molecule has 0 radical (unpaired) electrons. The average Bonchev–Trinajstić information content (AvgIpc) is 3.16. The predicted molar refractivity (Wildman–Crippen MR) is 97.6 cm³/mol. The lowest BCUT2D eigenvalue weighted by atomic mass is 10.1. The van der Waals surface area contributed by atoms with Gasteiger partial charge >= 0.3 is 5.97 Å². The van der Waals surface area contributed by atoms with E-state index in [9.17, 15) is 14.9 Å². The first kappa shape index (κ1) is 19.0. The summed E-state index contributed by atoms with van der Waals surface area (Å²) in [5, 5.41) is 18.3. The number of benzene rings is 2.